The van der Waals surface area contributed by atoms with Crippen molar-refractivity contribution in [3.63, 3.8) is 0 Å². The van der Waals surface area contributed by atoms with Gasteiger partial charge in [-0.2, -0.15) is 0 Å². The molecule has 1 aromatic rings. The predicted octanol–water partition coefficient (Wildman–Crippen LogP) is 3.15. The Hall–Kier alpha value is -0.840. The maximum Gasteiger partial charge on any atom is 0.191 e. The van der Waals surface area contributed by atoms with Gasteiger partial charge in [-0.1, -0.05) is 12.8 Å². The lowest BCUT2D eigenvalue weighted by Crippen LogP contribution is -2.46. The van der Waals surface area contributed by atoms with Crippen molar-refractivity contribution in [3.8, 4) is 0 Å². The van der Waals surface area contributed by atoms with Crippen LogP contribution in [0.15, 0.2) is 21.5 Å². The number of ether oxygens (including phenoxy) is 1. The Morgan fingerprint density at radius 3 is 2.61 bits per heavy atom. The minimum absolute atomic E-state index is 0. The molecule has 0 amide bonds. The first-order chi connectivity index (χ1) is 14.7. The third-order valence-corrected chi connectivity index (χ3v) is 6.74. The molecule has 3 aliphatic rings. The quantitative estimate of drug-likeness (QED) is 0.312. The van der Waals surface area contributed by atoms with E-state index in [1.54, 1.807) is 0 Å². The van der Waals surface area contributed by atoms with E-state index in [4.69, 9.17) is 14.1 Å². The van der Waals surface area contributed by atoms with Crippen LogP contribution in [0.5, 0.6) is 0 Å². The Balaban J connectivity index is 0.00000272. The van der Waals surface area contributed by atoms with Crippen molar-refractivity contribution in [2.45, 2.75) is 64.1 Å². The molecule has 2 saturated heterocycles. The zero-order valence-corrected chi connectivity index (χ0v) is 21.5. The topological polar surface area (TPSA) is 65.3 Å². The average Bonchev–Trinajstić information content (AvgIpc) is 3.51. The molecular formula is C23H40IN5O2. The Morgan fingerprint density at radius 2 is 1.94 bits per heavy atom. The maximum absolute atomic E-state index is 6.00. The second-order valence-electron chi connectivity index (χ2n) is 8.90. The Bertz CT molecular complexity index is 685. The number of aliphatic imine (C=N–C) groups is 1. The average molecular weight is 546 g/mol. The molecule has 7 nitrogen and oxygen atoms in total. The van der Waals surface area contributed by atoms with Crippen LogP contribution in [0.3, 0.4) is 0 Å². The highest BCUT2D eigenvalue weighted by atomic mass is 127. The fraction of sp³-hybridized carbons (Fsp3) is 0.783. The van der Waals surface area contributed by atoms with E-state index in [1.165, 1.54) is 38.6 Å². The molecule has 0 radical (unpaired) electrons. The zero-order chi connectivity index (χ0) is 20.8. The van der Waals surface area contributed by atoms with Crippen molar-refractivity contribution < 1.29 is 9.15 Å². The minimum Gasteiger partial charge on any atom is -0.465 e. The van der Waals surface area contributed by atoms with Gasteiger partial charge in [0.05, 0.1) is 25.8 Å². The van der Waals surface area contributed by atoms with Crippen molar-refractivity contribution in [1.29, 1.82) is 0 Å². The van der Waals surface area contributed by atoms with E-state index >= 15 is 0 Å². The number of likely N-dealkylation sites (tertiary alicyclic amines) is 1. The van der Waals surface area contributed by atoms with Gasteiger partial charge in [-0.05, 0) is 45.2 Å². The van der Waals surface area contributed by atoms with Crippen LogP contribution in [0.2, 0.25) is 0 Å². The zero-order valence-electron chi connectivity index (χ0n) is 19.1. The molecule has 3 fully saturated rings. The van der Waals surface area contributed by atoms with E-state index < -0.39 is 0 Å². The van der Waals surface area contributed by atoms with E-state index in [9.17, 15) is 0 Å². The van der Waals surface area contributed by atoms with Gasteiger partial charge in [0.1, 0.15) is 11.5 Å². The van der Waals surface area contributed by atoms with Crippen molar-refractivity contribution in [1.82, 2.24) is 20.4 Å². The van der Waals surface area contributed by atoms with Crippen LogP contribution in [-0.4, -0.2) is 80.3 Å². The van der Waals surface area contributed by atoms with Crippen LogP contribution in [0, 0.1) is 6.92 Å². The van der Waals surface area contributed by atoms with Crippen LogP contribution in [0.1, 0.15) is 56.6 Å². The first-order valence-electron chi connectivity index (χ1n) is 11.9. The molecule has 0 aromatic carbocycles. The summed E-state index contributed by atoms with van der Waals surface area (Å²) in [5.41, 5.74) is 0. The molecule has 2 unspecified atom stereocenters. The van der Waals surface area contributed by atoms with E-state index in [-0.39, 0.29) is 30.0 Å². The van der Waals surface area contributed by atoms with Gasteiger partial charge in [0.2, 0.25) is 0 Å². The van der Waals surface area contributed by atoms with E-state index in [2.05, 4.69) is 33.4 Å². The number of furan rings is 1. The van der Waals surface area contributed by atoms with Gasteiger partial charge >= 0.3 is 0 Å². The van der Waals surface area contributed by atoms with Crippen LogP contribution in [0.25, 0.3) is 0 Å². The summed E-state index contributed by atoms with van der Waals surface area (Å²) >= 11 is 0. The summed E-state index contributed by atoms with van der Waals surface area (Å²) in [6, 6.07) is 5.59. The smallest absolute Gasteiger partial charge is 0.191 e. The molecule has 4 rings (SSSR count). The van der Waals surface area contributed by atoms with Gasteiger partial charge in [0.15, 0.2) is 5.96 Å². The summed E-state index contributed by atoms with van der Waals surface area (Å²) in [6.07, 6.45) is 6.76. The number of rotatable bonds is 7. The lowest BCUT2D eigenvalue weighted by Gasteiger charge is -2.32. The standard InChI is InChI=1S/C23H39N5O2.HI/c1-3-24-23(26-19-10-11-28(17-19)20-6-4-5-7-20)25-16-21(22-9-8-18(2)30-22)27-12-14-29-15-13-27;/h8-9,19-21H,3-7,10-17H2,1-2H3,(H2,24,25,26);1H. The second kappa shape index (κ2) is 12.4. The Kier molecular flexibility index (Phi) is 9.93. The molecule has 2 atom stereocenters. The first-order valence-corrected chi connectivity index (χ1v) is 11.9. The van der Waals surface area contributed by atoms with Gasteiger partial charge in [-0.15, -0.1) is 24.0 Å². The molecule has 1 saturated carbocycles. The van der Waals surface area contributed by atoms with Gasteiger partial charge in [0, 0.05) is 44.8 Å². The van der Waals surface area contributed by atoms with E-state index in [1.807, 2.05) is 13.0 Å². The van der Waals surface area contributed by atoms with Crippen LogP contribution in [0.4, 0.5) is 0 Å². The monoisotopic (exact) mass is 545 g/mol. The molecule has 1 aromatic heterocycles. The molecule has 8 heteroatoms. The first kappa shape index (κ1) is 24.8. The van der Waals surface area contributed by atoms with Crippen LogP contribution >= 0.6 is 24.0 Å². The Labute approximate surface area is 204 Å². The van der Waals surface area contributed by atoms with Crippen molar-refractivity contribution in [2.75, 3.05) is 52.5 Å². The van der Waals surface area contributed by atoms with E-state index in [0.717, 1.165) is 62.9 Å². The minimum atomic E-state index is 0. The number of halogens is 1. The number of guanidine groups is 1. The second-order valence-corrected chi connectivity index (χ2v) is 8.90. The lowest BCUT2D eigenvalue weighted by atomic mass is 10.1. The number of nitrogens with one attached hydrogen (secondary N) is 2. The molecule has 2 aliphatic heterocycles. The number of hydrogen-bond acceptors (Lipinski definition) is 5. The Morgan fingerprint density at radius 1 is 1.16 bits per heavy atom. The molecular weight excluding hydrogens is 505 g/mol. The van der Waals surface area contributed by atoms with Crippen molar-refractivity contribution in [3.05, 3.63) is 23.7 Å². The van der Waals surface area contributed by atoms with Gasteiger partial charge in [-0.3, -0.25) is 14.8 Å². The van der Waals surface area contributed by atoms with Crippen molar-refractivity contribution >= 4 is 29.9 Å². The summed E-state index contributed by atoms with van der Waals surface area (Å²) in [5.74, 6) is 2.88. The summed E-state index contributed by atoms with van der Waals surface area (Å²) in [7, 11) is 0. The number of aryl methyl sites for hydroxylation is 1. The third kappa shape index (κ3) is 6.82. The maximum atomic E-state index is 6.00. The lowest BCUT2D eigenvalue weighted by molar-refractivity contribution is 0.0135. The highest BCUT2D eigenvalue weighted by Crippen LogP contribution is 2.27. The highest BCUT2D eigenvalue weighted by molar-refractivity contribution is 14.0. The third-order valence-electron chi connectivity index (χ3n) is 6.74. The molecule has 176 valence electrons. The van der Waals surface area contributed by atoms with Crippen LogP contribution in [-0.2, 0) is 4.74 Å². The molecule has 1 aliphatic carbocycles. The molecule has 3 heterocycles. The fourth-order valence-corrected chi connectivity index (χ4v) is 5.10. The molecule has 0 bridgehead atoms. The van der Waals surface area contributed by atoms with Gasteiger partial charge in [0.25, 0.3) is 0 Å². The fourth-order valence-electron chi connectivity index (χ4n) is 5.10. The van der Waals surface area contributed by atoms with Crippen LogP contribution < -0.4 is 10.6 Å². The molecule has 31 heavy (non-hydrogen) atoms. The predicted molar refractivity (Wildman–Crippen MR) is 135 cm³/mol. The van der Waals surface area contributed by atoms with Crippen molar-refractivity contribution in [2.24, 2.45) is 4.99 Å². The number of nitrogens with zero attached hydrogens (tertiary/aromatic N) is 3. The SMILES string of the molecule is CCNC(=NCC(c1ccc(C)o1)N1CCOCC1)NC1CCN(C2CCCC2)C1.I. The number of hydrogen-bond donors (Lipinski definition) is 2. The highest BCUT2D eigenvalue weighted by Gasteiger charge is 2.30. The summed E-state index contributed by atoms with van der Waals surface area (Å²) in [5, 5.41) is 7.16. The largest absolute Gasteiger partial charge is 0.465 e. The number of morpholine rings is 1. The summed E-state index contributed by atoms with van der Waals surface area (Å²) in [6.45, 7) is 11.4. The molecule has 2 N–H and O–H groups in total. The normalized spacial score (nSPS) is 24.8. The summed E-state index contributed by atoms with van der Waals surface area (Å²) < 4.78 is 11.6. The van der Waals surface area contributed by atoms with Gasteiger partial charge in [-0.25, -0.2) is 0 Å². The molecule has 0 spiro atoms. The van der Waals surface area contributed by atoms with E-state index in [0.29, 0.717) is 12.6 Å². The summed E-state index contributed by atoms with van der Waals surface area (Å²) in [4.78, 5) is 10.1. The van der Waals surface area contributed by atoms with Gasteiger partial charge < -0.3 is 19.8 Å².